The van der Waals surface area contributed by atoms with Crippen LogP contribution in [0.5, 0.6) is 0 Å². The normalized spacial score (nSPS) is 10.1. The van der Waals surface area contributed by atoms with Crippen molar-refractivity contribution in [2.24, 2.45) is 0 Å². The van der Waals surface area contributed by atoms with Crippen LogP contribution < -0.4 is 4.90 Å². The highest BCUT2D eigenvalue weighted by molar-refractivity contribution is 9.10. The molecule has 82 valence electrons. The van der Waals surface area contributed by atoms with Crippen LogP contribution in [0, 0.1) is 10.1 Å². The minimum absolute atomic E-state index is 0.109. The van der Waals surface area contributed by atoms with Gasteiger partial charge in [-0.3, -0.25) is 10.1 Å². The summed E-state index contributed by atoms with van der Waals surface area (Å²) in [5.74, 6) is 0. The molecule has 0 saturated carbocycles. The molecule has 0 fully saturated rings. The average Bonchev–Trinajstić information content (AvgIpc) is 2.21. The summed E-state index contributed by atoms with van der Waals surface area (Å²) < 4.78 is 0.764. The van der Waals surface area contributed by atoms with Gasteiger partial charge in [-0.2, -0.15) is 0 Å². The van der Waals surface area contributed by atoms with Gasteiger partial charge in [0.05, 0.1) is 10.6 Å². The smallest absolute Gasteiger partial charge is 0.270 e. The van der Waals surface area contributed by atoms with Crippen LogP contribution in [-0.2, 0) is 0 Å². The number of anilines is 1. The lowest BCUT2D eigenvalue weighted by Gasteiger charge is -2.22. The van der Waals surface area contributed by atoms with Crippen molar-refractivity contribution < 1.29 is 4.92 Å². The Morgan fingerprint density at radius 2 is 2.00 bits per heavy atom. The summed E-state index contributed by atoms with van der Waals surface area (Å²) in [5, 5.41) is 10.5. The van der Waals surface area contributed by atoms with Gasteiger partial charge in [0.15, 0.2) is 0 Å². The van der Waals surface area contributed by atoms with Gasteiger partial charge >= 0.3 is 0 Å². The molecule has 0 N–H and O–H groups in total. The Morgan fingerprint density at radius 3 is 2.40 bits per heavy atom. The van der Waals surface area contributed by atoms with Crippen molar-refractivity contribution in [2.45, 2.75) is 13.8 Å². The Labute approximate surface area is 97.2 Å². The zero-order valence-corrected chi connectivity index (χ0v) is 10.3. The van der Waals surface area contributed by atoms with Crippen molar-refractivity contribution in [1.29, 1.82) is 0 Å². The van der Waals surface area contributed by atoms with Crippen LogP contribution in [-0.4, -0.2) is 18.0 Å². The molecule has 0 aliphatic heterocycles. The number of nitro benzene ring substituents is 1. The van der Waals surface area contributed by atoms with E-state index in [1.165, 1.54) is 12.1 Å². The Morgan fingerprint density at radius 1 is 1.40 bits per heavy atom. The first-order chi connectivity index (χ1) is 7.10. The molecule has 1 aromatic rings. The van der Waals surface area contributed by atoms with Crippen LogP contribution in [0.4, 0.5) is 11.4 Å². The van der Waals surface area contributed by atoms with Crippen LogP contribution in [0.2, 0.25) is 0 Å². The molecule has 0 saturated heterocycles. The molecular formula is C10H13BrN2O2. The molecule has 0 unspecified atom stereocenters. The molecule has 0 amide bonds. The molecule has 1 aromatic carbocycles. The number of non-ortho nitro benzene ring substituents is 1. The van der Waals surface area contributed by atoms with Crippen LogP contribution in [0.25, 0.3) is 0 Å². The summed E-state index contributed by atoms with van der Waals surface area (Å²) >= 11 is 3.35. The SMILES string of the molecule is CCN(CC)c1ccc([N+](=O)[O-])cc1Br. The lowest BCUT2D eigenvalue weighted by molar-refractivity contribution is -0.384. The summed E-state index contributed by atoms with van der Waals surface area (Å²) in [6.45, 7) is 5.87. The monoisotopic (exact) mass is 272 g/mol. The zero-order valence-electron chi connectivity index (χ0n) is 8.74. The summed E-state index contributed by atoms with van der Waals surface area (Å²) in [4.78, 5) is 12.3. The van der Waals surface area contributed by atoms with Gasteiger partial charge in [-0.25, -0.2) is 0 Å². The van der Waals surface area contributed by atoms with Crippen molar-refractivity contribution in [3.05, 3.63) is 32.8 Å². The van der Waals surface area contributed by atoms with Gasteiger partial charge in [0.1, 0.15) is 0 Å². The number of rotatable bonds is 4. The topological polar surface area (TPSA) is 46.4 Å². The van der Waals surface area contributed by atoms with Crippen molar-refractivity contribution in [2.75, 3.05) is 18.0 Å². The number of halogens is 1. The average molecular weight is 273 g/mol. The molecule has 0 aliphatic carbocycles. The molecule has 0 heterocycles. The lowest BCUT2D eigenvalue weighted by Crippen LogP contribution is -2.22. The Balaban J connectivity index is 3.07. The van der Waals surface area contributed by atoms with E-state index in [1.54, 1.807) is 6.07 Å². The minimum Gasteiger partial charge on any atom is -0.371 e. The van der Waals surface area contributed by atoms with Gasteiger partial charge in [0.25, 0.3) is 5.69 Å². The maximum Gasteiger partial charge on any atom is 0.270 e. The second kappa shape index (κ2) is 5.11. The first-order valence-electron chi connectivity index (χ1n) is 4.79. The van der Waals surface area contributed by atoms with Gasteiger partial charge in [-0.1, -0.05) is 0 Å². The second-order valence-electron chi connectivity index (χ2n) is 3.07. The van der Waals surface area contributed by atoms with Crippen LogP contribution >= 0.6 is 15.9 Å². The predicted octanol–water partition coefficient (Wildman–Crippen LogP) is 3.20. The van der Waals surface area contributed by atoms with Crippen LogP contribution in [0.15, 0.2) is 22.7 Å². The molecule has 1 rings (SSSR count). The first kappa shape index (κ1) is 12.0. The first-order valence-corrected chi connectivity index (χ1v) is 5.58. The second-order valence-corrected chi connectivity index (χ2v) is 3.92. The third-order valence-electron chi connectivity index (χ3n) is 2.25. The van der Waals surface area contributed by atoms with E-state index in [1.807, 2.05) is 0 Å². The highest BCUT2D eigenvalue weighted by atomic mass is 79.9. The van der Waals surface area contributed by atoms with E-state index in [-0.39, 0.29) is 5.69 Å². The van der Waals surface area contributed by atoms with Gasteiger partial charge in [-0.05, 0) is 35.8 Å². The number of hydrogen-bond donors (Lipinski definition) is 0. The van der Waals surface area contributed by atoms with Gasteiger partial charge in [-0.15, -0.1) is 0 Å². The fourth-order valence-electron chi connectivity index (χ4n) is 1.43. The molecule has 4 nitrogen and oxygen atoms in total. The van der Waals surface area contributed by atoms with Gasteiger partial charge in [0, 0.05) is 29.7 Å². The van der Waals surface area contributed by atoms with Crippen LogP contribution in [0.3, 0.4) is 0 Å². The summed E-state index contributed by atoms with van der Waals surface area (Å²) in [6.07, 6.45) is 0. The highest BCUT2D eigenvalue weighted by Crippen LogP contribution is 2.29. The van der Waals surface area contributed by atoms with Crippen molar-refractivity contribution in [3.63, 3.8) is 0 Å². The zero-order chi connectivity index (χ0) is 11.4. The number of benzene rings is 1. The van der Waals surface area contributed by atoms with Gasteiger partial charge in [0.2, 0.25) is 0 Å². The molecule has 0 aliphatic rings. The molecule has 0 spiro atoms. The Hall–Kier alpha value is -1.10. The van der Waals surface area contributed by atoms with E-state index in [9.17, 15) is 10.1 Å². The fourth-order valence-corrected chi connectivity index (χ4v) is 2.05. The molecule has 0 bridgehead atoms. The highest BCUT2D eigenvalue weighted by Gasteiger charge is 2.11. The molecule has 5 heteroatoms. The summed E-state index contributed by atoms with van der Waals surface area (Å²) in [5.41, 5.74) is 1.10. The molecule has 0 radical (unpaired) electrons. The minimum atomic E-state index is -0.392. The van der Waals surface area contributed by atoms with Crippen molar-refractivity contribution >= 4 is 27.3 Å². The molecule has 0 atom stereocenters. The van der Waals surface area contributed by atoms with Crippen molar-refractivity contribution in [1.82, 2.24) is 0 Å². The van der Waals surface area contributed by atoms with E-state index in [4.69, 9.17) is 0 Å². The van der Waals surface area contributed by atoms with E-state index in [2.05, 4.69) is 34.7 Å². The number of hydrogen-bond acceptors (Lipinski definition) is 3. The van der Waals surface area contributed by atoms with E-state index < -0.39 is 4.92 Å². The lowest BCUT2D eigenvalue weighted by atomic mass is 10.2. The summed E-state index contributed by atoms with van der Waals surface area (Å²) in [6, 6.07) is 4.83. The number of nitrogens with zero attached hydrogens (tertiary/aromatic N) is 2. The predicted molar refractivity (Wildman–Crippen MR) is 64.4 cm³/mol. The van der Waals surface area contributed by atoms with Crippen molar-refractivity contribution in [3.8, 4) is 0 Å². The third kappa shape index (κ3) is 2.68. The Kier molecular flexibility index (Phi) is 4.08. The quantitative estimate of drug-likeness (QED) is 0.625. The maximum absolute atomic E-state index is 10.5. The summed E-state index contributed by atoms with van der Waals surface area (Å²) in [7, 11) is 0. The molecular weight excluding hydrogens is 260 g/mol. The largest absolute Gasteiger partial charge is 0.371 e. The third-order valence-corrected chi connectivity index (χ3v) is 2.88. The van der Waals surface area contributed by atoms with E-state index >= 15 is 0 Å². The van der Waals surface area contributed by atoms with Crippen LogP contribution in [0.1, 0.15) is 13.8 Å². The number of nitro groups is 1. The standard InChI is InChI=1S/C10H13BrN2O2/c1-3-12(4-2)10-6-5-8(13(14)15)7-9(10)11/h5-7H,3-4H2,1-2H3. The fraction of sp³-hybridized carbons (Fsp3) is 0.400. The molecule has 15 heavy (non-hydrogen) atoms. The van der Waals surface area contributed by atoms with Gasteiger partial charge < -0.3 is 4.90 Å². The maximum atomic E-state index is 10.5. The molecule has 0 aromatic heterocycles. The van der Waals surface area contributed by atoms with E-state index in [0.717, 1.165) is 23.2 Å². The van der Waals surface area contributed by atoms with E-state index in [0.29, 0.717) is 0 Å². The Bertz CT molecular complexity index is 364.